The van der Waals surface area contributed by atoms with Crippen molar-refractivity contribution in [3.63, 3.8) is 0 Å². The summed E-state index contributed by atoms with van der Waals surface area (Å²) in [5.41, 5.74) is 7.03. The number of ether oxygens (including phenoxy) is 1. The molecule has 0 bridgehead atoms. The molecule has 0 saturated heterocycles. The van der Waals surface area contributed by atoms with Crippen molar-refractivity contribution in [2.24, 2.45) is 11.7 Å². The maximum absolute atomic E-state index is 11.6. The van der Waals surface area contributed by atoms with Crippen molar-refractivity contribution < 1.29 is 9.53 Å². The fourth-order valence-electron chi connectivity index (χ4n) is 1.75. The Hall–Kier alpha value is -1.55. The van der Waals surface area contributed by atoms with Crippen LogP contribution in [0.3, 0.4) is 0 Å². The number of benzene rings is 1. The van der Waals surface area contributed by atoms with Crippen molar-refractivity contribution in [2.45, 2.75) is 39.7 Å². The van der Waals surface area contributed by atoms with Crippen molar-refractivity contribution in [3.8, 4) is 5.75 Å². The zero-order valence-electron chi connectivity index (χ0n) is 12.7. The summed E-state index contributed by atoms with van der Waals surface area (Å²) in [4.78, 5) is 11.6. The van der Waals surface area contributed by atoms with E-state index in [0.29, 0.717) is 12.5 Å². The predicted octanol–water partition coefficient (Wildman–Crippen LogP) is 2.12. The Labute approximate surface area is 121 Å². The van der Waals surface area contributed by atoms with E-state index >= 15 is 0 Å². The third-order valence-electron chi connectivity index (χ3n) is 3.05. The van der Waals surface area contributed by atoms with Gasteiger partial charge in [0.05, 0.1) is 0 Å². The summed E-state index contributed by atoms with van der Waals surface area (Å²) in [6.07, 6.45) is 1.68. The predicted molar refractivity (Wildman–Crippen MR) is 81.8 cm³/mol. The maximum Gasteiger partial charge on any atom is 0.257 e. The molecule has 1 amide bonds. The highest BCUT2D eigenvalue weighted by Gasteiger charge is 2.09. The molecule has 4 heteroatoms. The van der Waals surface area contributed by atoms with Crippen LogP contribution in [-0.2, 0) is 11.2 Å². The van der Waals surface area contributed by atoms with Crippen molar-refractivity contribution >= 4 is 5.91 Å². The van der Waals surface area contributed by atoms with Crippen LogP contribution in [-0.4, -0.2) is 25.1 Å². The molecule has 1 unspecified atom stereocenters. The van der Waals surface area contributed by atoms with Gasteiger partial charge in [-0.05, 0) is 30.4 Å². The normalized spacial score (nSPS) is 12.2. The number of rotatable bonds is 8. The van der Waals surface area contributed by atoms with E-state index in [9.17, 15) is 4.79 Å². The van der Waals surface area contributed by atoms with Gasteiger partial charge < -0.3 is 15.8 Å². The van der Waals surface area contributed by atoms with Gasteiger partial charge in [0.2, 0.25) is 0 Å². The lowest BCUT2D eigenvalue weighted by atomic mass is 10.0. The second-order valence-corrected chi connectivity index (χ2v) is 5.47. The number of amides is 1. The number of nitrogens with one attached hydrogen (secondary N) is 1. The molecule has 4 nitrogen and oxygen atoms in total. The SMILES string of the molecule is CCC(N)Cc1ccccc1OCC(=O)NCC(C)C. The Morgan fingerprint density at radius 1 is 1.35 bits per heavy atom. The largest absolute Gasteiger partial charge is 0.483 e. The molecule has 0 aromatic heterocycles. The number of hydrogen-bond acceptors (Lipinski definition) is 3. The third-order valence-corrected chi connectivity index (χ3v) is 3.05. The minimum Gasteiger partial charge on any atom is -0.483 e. The van der Waals surface area contributed by atoms with Crippen LogP contribution in [0.5, 0.6) is 5.75 Å². The van der Waals surface area contributed by atoms with Crippen molar-refractivity contribution in [3.05, 3.63) is 29.8 Å². The standard InChI is InChI=1S/C16H26N2O2/c1-4-14(17)9-13-7-5-6-8-15(13)20-11-16(19)18-10-12(2)3/h5-8,12,14H,4,9-11,17H2,1-3H3,(H,18,19). The molecular formula is C16H26N2O2. The summed E-state index contributed by atoms with van der Waals surface area (Å²) in [5.74, 6) is 1.10. The highest BCUT2D eigenvalue weighted by atomic mass is 16.5. The average molecular weight is 278 g/mol. The lowest BCUT2D eigenvalue weighted by Gasteiger charge is -2.14. The number of para-hydroxylation sites is 1. The van der Waals surface area contributed by atoms with Crippen molar-refractivity contribution in [1.29, 1.82) is 0 Å². The van der Waals surface area contributed by atoms with Gasteiger partial charge in [-0.3, -0.25) is 4.79 Å². The van der Waals surface area contributed by atoms with Crippen LogP contribution in [0.15, 0.2) is 24.3 Å². The molecule has 1 aromatic carbocycles. The van der Waals surface area contributed by atoms with Gasteiger partial charge >= 0.3 is 0 Å². The number of carbonyl (C=O) groups excluding carboxylic acids is 1. The summed E-state index contributed by atoms with van der Waals surface area (Å²) in [7, 11) is 0. The van der Waals surface area contributed by atoms with Gasteiger partial charge in [0.25, 0.3) is 5.91 Å². The van der Waals surface area contributed by atoms with Gasteiger partial charge in [-0.25, -0.2) is 0 Å². The zero-order chi connectivity index (χ0) is 15.0. The highest BCUT2D eigenvalue weighted by Crippen LogP contribution is 2.19. The van der Waals surface area contributed by atoms with E-state index in [0.717, 1.165) is 24.2 Å². The van der Waals surface area contributed by atoms with Crippen LogP contribution in [0.2, 0.25) is 0 Å². The molecule has 20 heavy (non-hydrogen) atoms. The fourth-order valence-corrected chi connectivity index (χ4v) is 1.75. The topological polar surface area (TPSA) is 64.3 Å². The molecule has 0 aliphatic rings. The van der Waals surface area contributed by atoms with Crippen molar-refractivity contribution in [2.75, 3.05) is 13.2 Å². The van der Waals surface area contributed by atoms with E-state index in [4.69, 9.17) is 10.5 Å². The lowest BCUT2D eigenvalue weighted by Crippen LogP contribution is -2.32. The van der Waals surface area contributed by atoms with Gasteiger partial charge in [0.15, 0.2) is 6.61 Å². The first-order chi connectivity index (χ1) is 9.52. The van der Waals surface area contributed by atoms with Crippen LogP contribution in [0.4, 0.5) is 0 Å². The zero-order valence-corrected chi connectivity index (χ0v) is 12.7. The first-order valence-electron chi connectivity index (χ1n) is 7.25. The molecule has 1 rings (SSSR count). The van der Waals surface area contributed by atoms with Crippen LogP contribution in [0.25, 0.3) is 0 Å². The Bertz CT molecular complexity index is 419. The Kier molecular flexibility index (Phi) is 7.09. The van der Waals surface area contributed by atoms with E-state index in [1.165, 1.54) is 0 Å². The number of nitrogens with two attached hydrogens (primary N) is 1. The van der Waals surface area contributed by atoms with Crippen molar-refractivity contribution in [1.82, 2.24) is 5.32 Å². The molecule has 0 fully saturated rings. The summed E-state index contributed by atoms with van der Waals surface area (Å²) >= 11 is 0. The van der Waals surface area contributed by atoms with Gasteiger partial charge in [0, 0.05) is 12.6 Å². The third kappa shape index (κ3) is 6.06. The fraction of sp³-hybridized carbons (Fsp3) is 0.562. The molecule has 1 aromatic rings. The molecule has 0 radical (unpaired) electrons. The van der Waals surface area contributed by atoms with Gasteiger partial charge in [-0.2, -0.15) is 0 Å². The van der Waals surface area contributed by atoms with Crippen LogP contribution >= 0.6 is 0 Å². The minimum atomic E-state index is -0.0895. The average Bonchev–Trinajstić information content (AvgIpc) is 2.44. The number of carbonyl (C=O) groups is 1. The molecule has 0 spiro atoms. The van der Waals surface area contributed by atoms with E-state index in [1.807, 2.05) is 24.3 Å². The molecule has 0 heterocycles. The summed E-state index contributed by atoms with van der Waals surface area (Å²) < 4.78 is 5.61. The maximum atomic E-state index is 11.6. The van der Waals surface area contributed by atoms with Crippen LogP contribution in [0.1, 0.15) is 32.8 Å². The molecule has 0 saturated carbocycles. The van der Waals surface area contributed by atoms with Gasteiger partial charge in [-0.1, -0.05) is 39.0 Å². The summed E-state index contributed by atoms with van der Waals surface area (Å²) in [6.45, 7) is 6.90. The molecule has 1 atom stereocenters. The highest BCUT2D eigenvalue weighted by molar-refractivity contribution is 5.77. The van der Waals surface area contributed by atoms with E-state index in [-0.39, 0.29) is 18.6 Å². The molecular weight excluding hydrogens is 252 g/mol. The number of hydrogen-bond donors (Lipinski definition) is 2. The summed E-state index contributed by atoms with van der Waals surface area (Å²) in [5, 5.41) is 2.84. The van der Waals surface area contributed by atoms with Crippen LogP contribution in [0, 0.1) is 5.92 Å². The molecule has 3 N–H and O–H groups in total. The smallest absolute Gasteiger partial charge is 0.257 e. The summed E-state index contributed by atoms with van der Waals surface area (Å²) in [6, 6.07) is 7.87. The molecule has 0 aliphatic heterocycles. The lowest BCUT2D eigenvalue weighted by molar-refractivity contribution is -0.123. The van der Waals surface area contributed by atoms with E-state index in [1.54, 1.807) is 0 Å². The Balaban J connectivity index is 2.52. The second kappa shape index (κ2) is 8.59. The monoisotopic (exact) mass is 278 g/mol. The minimum absolute atomic E-state index is 0.0467. The van der Waals surface area contributed by atoms with E-state index in [2.05, 4.69) is 26.1 Å². The van der Waals surface area contributed by atoms with Crippen LogP contribution < -0.4 is 15.8 Å². The second-order valence-electron chi connectivity index (χ2n) is 5.47. The van der Waals surface area contributed by atoms with E-state index < -0.39 is 0 Å². The Morgan fingerprint density at radius 3 is 2.70 bits per heavy atom. The molecule has 0 aliphatic carbocycles. The first kappa shape index (κ1) is 16.5. The Morgan fingerprint density at radius 2 is 2.05 bits per heavy atom. The quantitative estimate of drug-likeness (QED) is 0.765. The molecule has 112 valence electrons. The van der Waals surface area contributed by atoms with Gasteiger partial charge in [-0.15, -0.1) is 0 Å². The first-order valence-corrected chi connectivity index (χ1v) is 7.25. The van der Waals surface area contributed by atoms with Gasteiger partial charge in [0.1, 0.15) is 5.75 Å².